The number of carboxylic acids is 1. The fraction of sp³-hybridized carbons (Fsp3) is 0.938. The highest BCUT2D eigenvalue weighted by Gasteiger charge is 2.21. The van der Waals surface area contributed by atoms with Gasteiger partial charge in [-0.05, 0) is 6.42 Å². The Morgan fingerprint density at radius 2 is 1.37 bits per heavy atom. The number of rotatable bonds is 13. The fourth-order valence-corrected chi connectivity index (χ4v) is 2.70. The van der Waals surface area contributed by atoms with Crippen LogP contribution in [0.15, 0.2) is 0 Å². The first kappa shape index (κ1) is 18.8. The molecule has 3 heteroatoms. The van der Waals surface area contributed by atoms with Crippen molar-refractivity contribution in [3.8, 4) is 0 Å². The van der Waals surface area contributed by atoms with Gasteiger partial charge in [0.15, 0.2) is 0 Å². The highest BCUT2D eigenvalue weighted by molar-refractivity contribution is 7.81. The van der Waals surface area contributed by atoms with Crippen LogP contribution >= 0.6 is 12.6 Å². The molecule has 114 valence electrons. The van der Waals surface area contributed by atoms with Gasteiger partial charge in [0.05, 0.1) is 6.42 Å². The predicted molar refractivity (Wildman–Crippen MR) is 86.1 cm³/mol. The molecule has 1 atom stereocenters. The second-order valence-corrected chi connectivity index (χ2v) is 7.08. The molecule has 0 bridgehead atoms. The molecular formula is C16H32O2S. The molecule has 0 spiro atoms. The molecule has 0 aromatic heterocycles. The van der Waals surface area contributed by atoms with Crippen LogP contribution in [0, 0.1) is 0 Å². The first-order valence-electron chi connectivity index (χ1n) is 7.92. The van der Waals surface area contributed by atoms with Crippen LogP contribution in [0.1, 0.15) is 90.9 Å². The van der Waals surface area contributed by atoms with Crippen LogP contribution in [0.4, 0.5) is 0 Å². The highest BCUT2D eigenvalue weighted by Crippen LogP contribution is 2.26. The van der Waals surface area contributed by atoms with E-state index in [1.807, 2.05) is 6.92 Å². The molecular weight excluding hydrogens is 256 g/mol. The van der Waals surface area contributed by atoms with Crippen LogP contribution in [0.25, 0.3) is 0 Å². The molecule has 0 fully saturated rings. The van der Waals surface area contributed by atoms with E-state index in [-0.39, 0.29) is 11.2 Å². The van der Waals surface area contributed by atoms with Gasteiger partial charge in [-0.25, -0.2) is 0 Å². The zero-order valence-corrected chi connectivity index (χ0v) is 13.7. The third-order valence-corrected chi connectivity index (χ3v) is 3.98. The molecule has 1 unspecified atom stereocenters. The number of carboxylic acid groups (broad SMARTS) is 1. The van der Waals surface area contributed by atoms with Crippen molar-refractivity contribution in [3.63, 3.8) is 0 Å². The van der Waals surface area contributed by atoms with E-state index >= 15 is 0 Å². The summed E-state index contributed by atoms with van der Waals surface area (Å²) in [6.07, 6.45) is 14.2. The molecule has 2 nitrogen and oxygen atoms in total. The van der Waals surface area contributed by atoms with Crippen molar-refractivity contribution in [1.82, 2.24) is 0 Å². The van der Waals surface area contributed by atoms with E-state index in [2.05, 4.69) is 19.6 Å². The maximum absolute atomic E-state index is 10.6. The minimum Gasteiger partial charge on any atom is -0.481 e. The van der Waals surface area contributed by atoms with Gasteiger partial charge < -0.3 is 5.11 Å². The number of carbonyl (C=O) groups is 1. The zero-order chi connectivity index (χ0) is 14.6. The monoisotopic (exact) mass is 288 g/mol. The average molecular weight is 288 g/mol. The van der Waals surface area contributed by atoms with Crippen molar-refractivity contribution in [1.29, 1.82) is 0 Å². The smallest absolute Gasteiger partial charge is 0.304 e. The Bertz CT molecular complexity index is 227. The Balaban J connectivity index is 3.28. The van der Waals surface area contributed by atoms with Gasteiger partial charge >= 0.3 is 5.97 Å². The van der Waals surface area contributed by atoms with Gasteiger partial charge in [-0.2, -0.15) is 12.6 Å². The van der Waals surface area contributed by atoms with Crippen molar-refractivity contribution in [2.24, 2.45) is 0 Å². The van der Waals surface area contributed by atoms with E-state index in [4.69, 9.17) is 5.11 Å². The van der Waals surface area contributed by atoms with Gasteiger partial charge in [0.2, 0.25) is 0 Å². The SMILES string of the molecule is CCCCCCCCCCCCC(C)(S)CC(=O)O. The number of hydrogen-bond acceptors (Lipinski definition) is 2. The first-order chi connectivity index (χ1) is 8.98. The van der Waals surface area contributed by atoms with Crippen LogP contribution in [0.2, 0.25) is 0 Å². The Kier molecular flexibility index (Phi) is 11.5. The third kappa shape index (κ3) is 14.0. The standard InChI is InChI=1S/C16H32O2S/c1-3-4-5-6-7-8-9-10-11-12-13-16(2,19)14-15(17)18/h19H,3-14H2,1-2H3,(H,17,18). The zero-order valence-electron chi connectivity index (χ0n) is 12.8. The number of aliphatic carboxylic acids is 1. The van der Waals surface area contributed by atoms with Crippen molar-refractivity contribution in [2.45, 2.75) is 95.6 Å². The van der Waals surface area contributed by atoms with E-state index in [9.17, 15) is 4.79 Å². The van der Waals surface area contributed by atoms with Crippen LogP contribution < -0.4 is 0 Å². The van der Waals surface area contributed by atoms with Gasteiger partial charge in [0.1, 0.15) is 0 Å². The molecule has 19 heavy (non-hydrogen) atoms. The minimum absolute atomic E-state index is 0.160. The highest BCUT2D eigenvalue weighted by atomic mass is 32.1. The number of thiol groups is 1. The van der Waals surface area contributed by atoms with Gasteiger partial charge in [-0.1, -0.05) is 78.1 Å². The van der Waals surface area contributed by atoms with Crippen molar-refractivity contribution in [3.05, 3.63) is 0 Å². The number of hydrogen-bond donors (Lipinski definition) is 2. The molecule has 0 aliphatic heterocycles. The van der Waals surface area contributed by atoms with Crippen molar-refractivity contribution in [2.75, 3.05) is 0 Å². The maximum atomic E-state index is 10.6. The van der Waals surface area contributed by atoms with Crippen LogP contribution in [0.3, 0.4) is 0 Å². The molecule has 0 aromatic rings. The summed E-state index contributed by atoms with van der Waals surface area (Å²) in [5, 5.41) is 8.76. The Labute approximate surface area is 124 Å². The van der Waals surface area contributed by atoms with E-state index in [0.29, 0.717) is 0 Å². The minimum atomic E-state index is -0.746. The van der Waals surface area contributed by atoms with E-state index < -0.39 is 5.97 Å². The molecule has 0 rings (SSSR count). The maximum Gasteiger partial charge on any atom is 0.304 e. The molecule has 0 saturated carbocycles. The van der Waals surface area contributed by atoms with Crippen LogP contribution in [0.5, 0.6) is 0 Å². The summed E-state index contributed by atoms with van der Waals surface area (Å²) in [5.41, 5.74) is 0. The summed E-state index contributed by atoms with van der Waals surface area (Å²) >= 11 is 4.44. The van der Waals surface area contributed by atoms with Gasteiger partial charge in [0.25, 0.3) is 0 Å². The Morgan fingerprint density at radius 1 is 0.947 bits per heavy atom. The van der Waals surface area contributed by atoms with E-state index in [1.165, 1.54) is 57.8 Å². The quantitative estimate of drug-likeness (QED) is 0.349. The normalized spacial score (nSPS) is 14.3. The van der Waals surface area contributed by atoms with Crippen molar-refractivity contribution >= 4 is 18.6 Å². The molecule has 0 aliphatic rings. The van der Waals surface area contributed by atoms with Gasteiger partial charge in [-0.3, -0.25) is 4.79 Å². The Hall–Kier alpha value is -0.180. The van der Waals surface area contributed by atoms with E-state index in [0.717, 1.165) is 12.8 Å². The van der Waals surface area contributed by atoms with E-state index in [1.54, 1.807) is 0 Å². The van der Waals surface area contributed by atoms with Crippen LogP contribution in [-0.2, 0) is 4.79 Å². The summed E-state index contributed by atoms with van der Waals surface area (Å²) in [6.45, 7) is 4.18. The molecule has 0 aromatic carbocycles. The second kappa shape index (κ2) is 11.6. The van der Waals surface area contributed by atoms with Gasteiger partial charge in [-0.15, -0.1) is 0 Å². The third-order valence-electron chi connectivity index (χ3n) is 3.60. The molecule has 0 saturated heterocycles. The fourth-order valence-electron chi connectivity index (χ4n) is 2.41. The first-order valence-corrected chi connectivity index (χ1v) is 8.37. The summed E-state index contributed by atoms with van der Waals surface area (Å²) in [7, 11) is 0. The second-order valence-electron chi connectivity index (χ2n) is 6.00. The predicted octanol–water partition coefficient (Wildman–Crippen LogP) is 5.46. The lowest BCUT2D eigenvalue weighted by Gasteiger charge is -2.20. The van der Waals surface area contributed by atoms with Gasteiger partial charge in [0, 0.05) is 4.75 Å². The molecule has 0 aliphatic carbocycles. The molecule has 0 heterocycles. The lowest BCUT2D eigenvalue weighted by Crippen LogP contribution is -2.21. The average Bonchev–Trinajstić information content (AvgIpc) is 2.30. The van der Waals surface area contributed by atoms with Crippen LogP contribution in [-0.4, -0.2) is 15.8 Å². The topological polar surface area (TPSA) is 37.3 Å². The summed E-state index contributed by atoms with van der Waals surface area (Å²) in [5.74, 6) is -0.746. The van der Waals surface area contributed by atoms with Crippen molar-refractivity contribution < 1.29 is 9.90 Å². The molecule has 1 N–H and O–H groups in total. The molecule has 0 radical (unpaired) electrons. The Morgan fingerprint density at radius 3 is 1.79 bits per heavy atom. The summed E-state index contributed by atoms with van der Waals surface area (Å²) in [6, 6.07) is 0. The lowest BCUT2D eigenvalue weighted by molar-refractivity contribution is -0.137. The molecule has 0 amide bonds. The lowest BCUT2D eigenvalue weighted by atomic mass is 9.98. The summed E-state index contributed by atoms with van der Waals surface area (Å²) < 4.78 is -0.341. The summed E-state index contributed by atoms with van der Waals surface area (Å²) in [4.78, 5) is 10.6. The number of unbranched alkanes of at least 4 members (excludes halogenated alkanes) is 9. The largest absolute Gasteiger partial charge is 0.481 e.